The summed E-state index contributed by atoms with van der Waals surface area (Å²) < 4.78 is 12.0. The van der Waals surface area contributed by atoms with Gasteiger partial charge in [-0.05, 0) is 25.9 Å². The molecule has 0 saturated heterocycles. The molecule has 2 nitrogen and oxygen atoms in total. The second kappa shape index (κ2) is 15.0. The van der Waals surface area contributed by atoms with Crippen molar-refractivity contribution < 1.29 is 8.85 Å². The van der Waals surface area contributed by atoms with Gasteiger partial charge in [-0.25, -0.2) is 0 Å². The molecule has 0 aromatic heterocycles. The van der Waals surface area contributed by atoms with Crippen LogP contribution in [0.3, 0.4) is 0 Å². The fourth-order valence-corrected chi connectivity index (χ4v) is 3.80. The van der Waals surface area contributed by atoms with Crippen molar-refractivity contribution in [2.24, 2.45) is 0 Å². The van der Waals surface area contributed by atoms with E-state index < -0.39 is 8.56 Å². The monoisotopic (exact) mass is 316 g/mol. The van der Waals surface area contributed by atoms with Crippen LogP contribution in [0.2, 0.25) is 13.1 Å². The Kier molecular flexibility index (Phi) is 15.1. The minimum absolute atomic E-state index is 0.891. The average molecular weight is 317 g/mol. The highest BCUT2D eigenvalue weighted by molar-refractivity contribution is 6.64. The maximum Gasteiger partial charge on any atom is 0.331 e. The van der Waals surface area contributed by atoms with Crippen LogP contribution in [0.25, 0.3) is 0 Å². The van der Waals surface area contributed by atoms with Crippen LogP contribution in [0, 0.1) is 0 Å². The van der Waals surface area contributed by atoms with Gasteiger partial charge in [-0.1, -0.05) is 78.1 Å². The van der Waals surface area contributed by atoms with Crippen molar-refractivity contribution in [3.63, 3.8) is 0 Å². The van der Waals surface area contributed by atoms with Crippen molar-refractivity contribution in [3.8, 4) is 0 Å². The first-order valence-electron chi connectivity index (χ1n) is 9.40. The standard InChI is InChI=1S/C18H40O2Si/c1-5-7-9-11-13-15-17-19-21(3,4)20-18-16-14-12-10-8-6-2/h5-18H2,1-4H3. The minimum atomic E-state index is -1.85. The predicted molar refractivity (Wildman–Crippen MR) is 96.1 cm³/mol. The van der Waals surface area contributed by atoms with E-state index >= 15 is 0 Å². The van der Waals surface area contributed by atoms with Gasteiger partial charge in [0.05, 0.1) is 0 Å². The molecule has 128 valence electrons. The van der Waals surface area contributed by atoms with Crippen molar-refractivity contribution >= 4 is 8.56 Å². The summed E-state index contributed by atoms with van der Waals surface area (Å²) in [5.41, 5.74) is 0. The summed E-state index contributed by atoms with van der Waals surface area (Å²) in [5.74, 6) is 0. The Balaban J connectivity index is 3.35. The van der Waals surface area contributed by atoms with E-state index in [0.29, 0.717) is 0 Å². The van der Waals surface area contributed by atoms with Crippen molar-refractivity contribution in [1.82, 2.24) is 0 Å². The summed E-state index contributed by atoms with van der Waals surface area (Å²) in [6.45, 7) is 10.7. The summed E-state index contributed by atoms with van der Waals surface area (Å²) in [4.78, 5) is 0. The van der Waals surface area contributed by atoms with Crippen LogP contribution < -0.4 is 0 Å². The number of hydrogen-bond donors (Lipinski definition) is 0. The van der Waals surface area contributed by atoms with Crippen molar-refractivity contribution in [3.05, 3.63) is 0 Å². The Morgan fingerprint density at radius 3 is 1.24 bits per heavy atom. The van der Waals surface area contributed by atoms with Gasteiger partial charge in [0.25, 0.3) is 0 Å². The van der Waals surface area contributed by atoms with Gasteiger partial charge in [0.2, 0.25) is 0 Å². The van der Waals surface area contributed by atoms with Crippen molar-refractivity contribution in [2.45, 2.75) is 104 Å². The third kappa shape index (κ3) is 16.3. The van der Waals surface area contributed by atoms with E-state index in [0.717, 1.165) is 13.2 Å². The number of rotatable bonds is 16. The summed E-state index contributed by atoms with van der Waals surface area (Å²) >= 11 is 0. The molecule has 0 atom stereocenters. The molecule has 0 unspecified atom stereocenters. The highest BCUT2D eigenvalue weighted by Crippen LogP contribution is 2.12. The Hall–Kier alpha value is 0.137. The van der Waals surface area contributed by atoms with Crippen LogP contribution in [0.4, 0.5) is 0 Å². The second-order valence-electron chi connectivity index (χ2n) is 6.63. The quantitative estimate of drug-likeness (QED) is 0.241. The highest BCUT2D eigenvalue weighted by atomic mass is 28.4. The Morgan fingerprint density at radius 1 is 0.524 bits per heavy atom. The number of hydrogen-bond acceptors (Lipinski definition) is 2. The molecule has 0 bridgehead atoms. The lowest BCUT2D eigenvalue weighted by atomic mass is 10.1. The third-order valence-electron chi connectivity index (χ3n) is 3.90. The zero-order valence-electron chi connectivity index (χ0n) is 15.2. The zero-order valence-corrected chi connectivity index (χ0v) is 16.2. The first-order valence-corrected chi connectivity index (χ1v) is 12.2. The third-order valence-corrected chi connectivity index (χ3v) is 5.69. The molecule has 0 aromatic carbocycles. The molecule has 0 aliphatic rings. The molecule has 0 radical (unpaired) electrons. The normalized spacial score (nSPS) is 12.0. The van der Waals surface area contributed by atoms with Crippen LogP contribution in [-0.2, 0) is 8.85 Å². The maximum atomic E-state index is 6.00. The minimum Gasteiger partial charge on any atom is -0.395 e. The summed E-state index contributed by atoms with van der Waals surface area (Å²) in [5, 5.41) is 0. The zero-order chi connectivity index (χ0) is 15.8. The highest BCUT2D eigenvalue weighted by Gasteiger charge is 2.23. The maximum absolute atomic E-state index is 6.00. The molecule has 0 aliphatic carbocycles. The SMILES string of the molecule is CCCCCCCCO[Si](C)(C)OCCCCCCCC. The van der Waals surface area contributed by atoms with E-state index in [2.05, 4.69) is 26.9 Å². The van der Waals surface area contributed by atoms with E-state index in [-0.39, 0.29) is 0 Å². The molecule has 21 heavy (non-hydrogen) atoms. The van der Waals surface area contributed by atoms with Crippen molar-refractivity contribution in [1.29, 1.82) is 0 Å². The molecule has 0 spiro atoms. The first-order chi connectivity index (χ1) is 10.1. The van der Waals surface area contributed by atoms with Gasteiger partial charge in [0, 0.05) is 13.2 Å². The van der Waals surface area contributed by atoms with Crippen LogP contribution in [0.5, 0.6) is 0 Å². The van der Waals surface area contributed by atoms with Crippen LogP contribution in [0.15, 0.2) is 0 Å². The van der Waals surface area contributed by atoms with Gasteiger partial charge in [-0.2, -0.15) is 0 Å². The molecule has 0 aromatic rings. The Bertz CT molecular complexity index is 187. The van der Waals surface area contributed by atoms with E-state index in [9.17, 15) is 0 Å². The average Bonchev–Trinajstić information content (AvgIpc) is 2.45. The predicted octanol–water partition coefficient (Wildman–Crippen LogP) is 6.44. The fraction of sp³-hybridized carbons (Fsp3) is 1.00. The van der Waals surface area contributed by atoms with Gasteiger partial charge in [-0.3, -0.25) is 0 Å². The topological polar surface area (TPSA) is 18.5 Å². The number of unbranched alkanes of at least 4 members (excludes halogenated alkanes) is 10. The molecule has 0 saturated carbocycles. The molecular weight excluding hydrogens is 276 g/mol. The van der Waals surface area contributed by atoms with Crippen LogP contribution >= 0.6 is 0 Å². The molecule has 0 heterocycles. The lowest BCUT2D eigenvalue weighted by Crippen LogP contribution is -2.35. The Morgan fingerprint density at radius 2 is 0.857 bits per heavy atom. The Labute approximate surface area is 135 Å². The lowest BCUT2D eigenvalue weighted by molar-refractivity contribution is 0.172. The van der Waals surface area contributed by atoms with Crippen molar-refractivity contribution in [2.75, 3.05) is 13.2 Å². The van der Waals surface area contributed by atoms with Gasteiger partial charge in [-0.15, -0.1) is 0 Å². The van der Waals surface area contributed by atoms with E-state index in [4.69, 9.17) is 8.85 Å². The van der Waals surface area contributed by atoms with E-state index in [1.54, 1.807) is 0 Å². The fourth-order valence-electron chi connectivity index (χ4n) is 2.44. The van der Waals surface area contributed by atoms with Gasteiger partial charge < -0.3 is 8.85 Å². The van der Waals surface area contributed by atoms with Crippen LogP contribution in [-0.4, -0.2) is 21.8 Å². The summed E-state index contributed by atoms with van der Waals surface area (Å²) in [7, 11) is -1.85. The molecule has 0 aliphatic heterocycles. The van der Waals surface area contributed by atoms with Crippen LogP contribution in [0.1, 0.15) is 90.9 Å². The van der Waals surface area contributed by atoms with Gasteiger partial charge in [0.1, 0.15) is 0 Å². The molecule has 0 rings (SSSR count). The molecule has 0 fully saturated rings. The molecular formula is C18H40O2Si. The van der Waals surface area contributed by atoms with E-state index in [1.165, 1.54) is 77.0 Å². The molecule has 0 N–H and O–H groups in total. The lowest BCUT2D eigenvalue weighted by Gasteiger charge is -2.22. The molecule has 3 heteroatoms. The largest absolute Gasteiger partial charge is 0.395 e. The van der Waals surface area contributed by atoms with E-state index in [1.807, 2.05) is 0 Å². The van der Waals surface area contributed by atoms with Gasteiger partial charge >= 0.3 is 8.56 Å². The first kappa shape index (κ1) is 21.1. The smallest absolute Gasteiger partial charge is 0.331 e. The van der Waals surface area contributed by atoms with Gasteiger partial charge in [0.15, 0.2) is 0 Å². The second-order valence-corrected chi connectivity index (χ2v) is 10.0. The summed E-state index contributed by atoms with van der Waals surface area (Å²) in [6, 6.07) is 0. The molecule has 0 amide bonds. The summed E-state index contributed by atoms with van der Waals surface area (Å²) in [6.07, 6.45) is 15.9.